The fourth-order valence-corrected chi connectivity index (χ4v) is 4.49. The van der Waals surface area contributed by atoms with Crippen LogP contribution >= 0.6 is 0 Å². The standard InChI is InChI=1S/C21H28F3N3O3/c22-21(23,24)17-4-1-5-18(13-17)26-7-9-27(10-8-26)19(28)15-25-6-2-3-16(14-25)20-29-11-12-30-20/h1,4-5,13,16,20H,2-3,6-12,14-15H2. The number of piperidine rings is 1. The average Bonchev–Trinajstić information content (AvgIpc) is 3.29. The van der Waals surface area contributed by atoms with Gasteiger partial charge in [-0.2, -0.15) is 13.2 Å². The molecular weight excluding hydrogens is 399 g/mol. The first-order chi connectivity index (χ1) is 14.4. The number of amides is 1. The van der Waals surface area contributed by atoms with Crippen LogP contribution in [-0.4, -0.2) is 81.0 Å². The molecule has 3 saturated heterocycles. The van der Waals surface area contributed by atoms with E-state index < -0.39 is 11.7 Å². The van der Waals surface area contributed by atoms with Crippen molar-refractivity contribution in [2.45, 2.75) is 25.3 Å². The van der Waals surface area contributed by atoms with Gasteiger partial charge in [0.2, 0.25) is 5.91 Å². The number of rotatable bonds is 4. The summed E-state index contributed by atoms with van der Waals surface area (Å²) in [6.45, 7) is 5.40. The lowest BCUT2D eigenvalue weighted by Crippen LogP contribution is -2.52. The van der Waals surface area contributed by atoms with Crippen LogP contribution in [0.25, 0.3) is 0 Å². The number of benzene rings is 1. The molecule has 30 heavy (non-hydrogen) atoms. The van der Waals surface area contributed by atoms with E-state index in [1.54, 1.807) is 6.07 Å². The maximum Gasteiger partial charge on any atom is 0.416 e. The molecule has 3 fully saturated rings. The first-order valence-corrected chi connectivity index (χ1v) is 10.6. The Morgan fingerprint density at radius 3 is 2.50 bits per heavy atom. The molecule has 0 saturated carbocycles. The van der Waals surface area contributed by atoms with Crippen molar-refractivity contribution in [1.82, 2.24) is 9.80 Å². The number of nitrogens with zero attached hydrogens (tertiary/aromatic N) is 3. The van der Waals surface area contributed by atoms with Crippen LogP contribution < -0.4 is 4.90 Å². The summed E-state index contributed by atoms with van der Waals surface area (Å²) in [5.74, 6) is 0.374. The molecule has 3 aliphatic rings. The number of anilines is 1. The van der Waals surface area contributed by atoms with Gasteiger partial charge in [-0.25, -0.2) is 0 Å². The quantitative estimate of drug-likeness (QED) is 0.739. The van der Waals surface area contributed by atoms with E-state index in [9.17, 15) is 18.0 Å². The zero-order chi connectivity index (χ0) is 21.1. The van der Waals surface area contributed by atoms with E-state index in [0.717, 1.165) is 32.0 Å². The summed E-state index contributed by atoms with van der Waals surface area (Å²) in [5.41, 5.74) is -0.0965. The third-order valence-electron chi connectivity index (χ3n) is 6.10. The fraction of sp³-hybridized carbons (Fsp3) is 0.667. The highest BCUT2D eigenvalue weighted by Gasteiger charge is 2.33. The van der Waals surface area contributed by atoms with Crippen molar-refractivity contribution in [2.24, 2.45) is 5.92 Å². The SMILES string of the molecule is O=C(CN1CCCC(C2OCCO2)C1)N1CCN(c2cccc(C(F)(F)F)c2)CC1. The van der Waals surface area contributed by atoms with Gasteiger partial charge in [-0.15, -0.1) is 0 Å². The maximum atomic E-state index is 13.0. The number of hydrogen-bond acceptors (Lipinski definition) is 5. The molecule has 0 spiro atoms. The van der Waals surface area contributed by atoms with E-state index in [1.165, 1.54) is 12.1 Å². The minimum atomic E-state index is -4.35. The lowest BCUT2D eigenvalue weighted by atomic mass is 9.97. The largest absolute Gasteiger partial charge is 0.416 e. The number of carbonyl (C=O) groups is 1. The van der Waals surface area contributed by atoms with E-state index >= 15 is 0 Å². The molecule has 166 valence electrons. The average molecular weight is 427 g/mol. The molecule has 0 N–H and O–H groups in total. The number of ether oxygens (including phenoxy) is 2. The number of likely N-dealkylation sites (tertiary alicyclic amines) is 1. The zero-order valence-electron chi connectivity index (χ0n) is 16.9. The van der Waals surface area contributed by atoms with E-state index in [0.29, 0.717) is 57.5 Å². The van der Waals surface area contributed by atoms with E-state index in [-0.39, 0.29) is 12.2 Å². The lowest BCUT2D eigenvalue weighted by Gasteiger charge is -2.38. The number of hydrogen-bond donors (Lipinski definition) is 0. The molecule has 9 heteroatoms. The van der Waals surface area contributed by atoms with Crippen molar-refractivity contribution >= 4 is 11.6 Å². The van der Waals surface area contributed by atoms with Crippen LogP contribution in [0.4, 0.5) is 18.9 Å². The molecule has 3 aliphatic heterocycles. The van der Waals surface area contributed by atoms with Crippen molar-refractivity contribution in [3.8, 4) is 0 Å². The highest BCUT2D eigenvalue weighted by molar-refractivity contribution is 5.78. The second kappa shape index (κ2) is 9.11. The summed E-state index contributed by atoms with van der Waals surface area (Å²) in [6.07, 6.45) is -2.44. The first-order valence-electron chi connectivity index (χ1n) is 10.6. The van der Waals surface area contributed by atoms with E-state index in [1.807, 2.05) is 9.80 Å². The Kier molecular flexibility index (Phi) is 6.50. The van der Waals surface area contributed by atoms with Gasteiger partial charge < -0.3 is 19.3 Å². The molecule has 1 aromatic carbocycles. The molecule has 1 aromatic rings. The summed E-state index contributed by atoms with van der Waals surface area (Å²) in [6, 6.07) is 5.38. The van der Waals surface area contributed by atoms with Gasteiger partial charge in [0.1, 0.15) is 0 Å². The highest BCUT2D eigenvalue weighted by Crippen LogP contribution is 2.32. The molecule has 0 bridgehead atoms. The highest BCUT2D eigenvalue weighted by atomic mass is 19.4. The van der Waals surface area contributed by atoms with Crippen molar-refractivity contribution in [3.05, 3.63) is 29.8 Å². The summed E-state index contributed by atoms with van der Waals surface area (Å²) in [4.78, 5) is 18.7. The Hall–Kier alpha value is -1.84. The predicted octanol–water partition coefficient (Wildman–Crippen LogP) is 2.44. The molecule has 0 aliphatic carbocycles. The van der Waals surface area contributed by atoms with Crippen LogP contribution in [0.2, 0.25) is 0 Å². The van der Waals surface area contributed by atoms with Crippen molar-refractivity contribution in [1.29, 1.82) is 0 Å². The summed E-state index contributed by atoms with van der Waals surface area (Å²) in [7, 11) is 0. The molecule has 3 heterocycles. The van der Waals surface area contributed by atoms with Gasteiger partial charge in [0, 0.05) is 44.3 Å². The van der Waals surface area contributed by atoms with Crippen molar-refractivity contribution < 1.29 is 27.4 Å². The van der Waals surface area contributed by atoms with Crippen LogP contribution in [-0.2, 0) is 20.4 Å². The van der Waals surface area contributed by atoms with Crippen LogP contribution in [0, 0.1) is 5.92 Å². The third-order valence-corrected chi connectivity index (χ3v) is 6.10. The molecule has 1 amide bonds. The Morgan fingerprint density at radius 2 is 1.80 bits per heavy atom. The molecule has 1 atom stereocenters. The minimum absolute atomic E-state index is 0.0765. The normalized spacial score (nSPS) is 24.4. The van der Waals surface area contributed by atoms with Gasteiger partial charge in [0.05, 0.1) is 25.3 Å². The van der Waals surface area contributed by atoms with Crippen LogP contribution in [0.15, 0.2) is 24.3 Å². The Morgan fingerprint density at radius 1 is 1.07 bits per heavy atom. The second-order valence-electron chi connectivity index (χ2n) is 8.16. The summed E-state index contributed by atoms with van der Waals surface area (Å²) < 4.78 is 50.1. The molecular formula is C21H28F3N3O3. The number of alkyl halides is 3. The van der Waals surface area contributed by atoms with Gasteiger partial charge in [-0.1, -0.05) is 6.07 Å². The number of halogens is 3. The first kappa shape index (κ1) is 21.4. The Bertz CT molecular complexity index is 732. The van der Waals surface area contributed by atoms with E-state index in [4.69, 9.17) is 9.47 Å². The monoisotopic (exact) mass is 427 g/mol. The molecule has 0 radical (unpaired) electrons. The van der Waals surface area contributed by atoms with Gasteiger partial charge in [-0.3, -0.25) is 9.69 Å². The smallest absolute Gasteiger partial charge is 0.368 e. The topological polar surface area (TPSA) is 45.3 Å². The van der Waals surface area contributed by atoms with Crippen molar-refractivity contribution in [3.63, 3.8) is 0 Å². The van der Waals surface area contributed by atoms with Gasteiger partial charge in [0.15, 0.2) is 6.29 Å². The van der Waals surface area contributed by atoms with Crippen molar-refractivity contribution in [2.75, 3.05) is 63.9 Å². The molecule has 4 rings (SSSR count). The van der Waals surface area contributed by atoms with Crippen LogP contribution in [0.1, 0.15) is 18.4 Å². The molecule has 1 unspecified atom stereocenters. The predicted molar refractivity (Wildman–Crippen MR) is 105 cm³/mol. The Balaban J connectivity index is 1.27. The van der Waals surface area contributed by atoms with Gasteiger partial charge in [-0.05, 0) is 37.6 Å². The maximum absolute atomic E-state index is 13.0. The van der Waals surface area contributed by atoms with Gasteiger partial charge in [0.25, 0.3) is 0 Å². The van der Waals surface area contributed by atoms with Crippen LogP contribution in [0.5, 0.6) is 0 Å². The fourth-order valence-electron chi connectivity index (χ4n) is 4.49. The summed E-state index contributed by atoms with van der Waals surface area (Å²) in [5, 5.41) is 0. The van der Waals surface area contributed by atoms with Crippen LogP contribution in [0.3, 0.4) is 0 Å². The summed E-state index contributed by atoms with van der Waals surface area (Å²) >= 11 is 0. The minimum Gasteiger partial charge on any atom is -0.368 e. The lowest BCUT2D eigenvalue weighted by molar-refractivity contribution is -0.137. The van der Waals surface area contributed by atoms with Gasteiger partial charge >= 0.3 is 6.18 Å². The number of carbonyl (C=O) groups excluding carboxylic acids is 1. The molecule has 0 aromatic heterocycles. The van der Waals surface area contributed by atoms with E-state index in [2.05, 4.69) is 4.90 Å². The number of piperazine rings is 1. The Labute approximate surface area is 174 Å². The third kappa shape index (κ3) is 5.07. The molecule has 6 nitrogen and oxygen atoms in total. The zero-order valence-corrected chi connectivity index (χ0v) is 16.9. The second-order valence-corrected chi connectivity index (χ2v) is 8.16.